The van der Waals surface area contributed by atoms with Crippen LogP contribution in [0.25, 0.3) is 0 Å². The molecule has 0 saturated heterocycles. The minimum atomic E-state index is -3.63. The van der Waals surface area contributed by atoms with Crippen molar-refractivity contribution in [2.45, 2.75) is 0 Å². The Labute approximate surface area is 143 Å². The van der Waals surface area contributed by atoms with Crippen molar-refractivity contribution in [3.63, 3.8) is 0 Å². The van der Waals surface area contributed by atoms with Crippen LogP contribution in [0.3, 0.4) is 0 Å². The molecular weight excluding hydrogens is 316 g/mol. The normalized spacial score (nSPS) is 3.69. The fourth-order valence-electron chi connectivity index (χ4n) is 0. The van der Waals surface area contributed by atoms with Crippen molar-refractivity contribution in [1.29, 1.82) is 0 Å². The van der Waals surface area contributed by atoms with E-state index in [4.69, 9.17) is 28.1 Å². The van der Waals surface area contributed by atoms with Crippen LogP contribution < -0.4 is 70.6 Å². The molecule has 0 aliphatic carbocycles. The Hall–Kier alpha value is 1.95. The summed E-state index contributed by atoms with van der Waals surface area (Å²) in [6.07, 6.45) is 0. The van der Waals surface area contributed by atoms with E-state index in [1.54, 1.807) is 0 Å². The van der Waals surface area contributed by atoms with Gasteiger partial charge in [0, 0.05) is 18.3 Å². The second-order valence-electron chi connectivity index (χ2n) is 0.500. The van der Waals surface area contributed by atoms with Crippen LogP contribution in [0.1, 0.15) is 0 Å². The summed E-state index contributed by atoms with van der Waals surface area (Å²) >= 11 is 0. The van der Waals surface area contributed by atoms with Crippen LogP contribution in [-0.4, -0.2) is 46.7 Å². The van der Waals surface area contributed by atoms with E-state index in [2.05, 4.69) is 0 Å². The minimum Gasteiger partial charge on any atom is -0.870 e. The standard InChI is InChI=1S/Al.K.2O3Si.2H2O.Zn/c;;2*1-4(2)3;;;/h;;;;2*1H2;/q+3;+1;2*-2;;;+2/p-2. The summed E-state index contributed by atoms with van der Waals surface area (Å²) in [6.45, 7) is 0. The molecule has 0 atom stereocenters. The molecule has 0 fully saturated rings. The molecule has 0 saturated carbocycles. The average Bonchev–Trinajstić information content (AvgIpc) is 1.25. The van der Waals surface area contributed by atoms with Gasteiger partial charge in [-0.1, -0.05) is 0 Å². The predicted octanol–water partition coefficient (Wildman–Crippen LogP) is -9.49. The van der Waals surface area contributed by atoms with Gasteiger partial charge in [0.05, 0.1) is 0 Å². The first kappa shape index (κ1) is 46.0. The summed E-state index contributed by atoms with van der Waals surface area (Å²) in [7, 11) is -7.26. The minimum absolute atomic E-state index is 0. The molecule has 0 bridgehead atoms. The van der Waals surface area contributed by atoms with Gasteiger partial charge in [-0.2, -0.15) is 0 Å². The summed E-state index contributed by atoms with van der Waals surface area (Å²) < 4.78 is 17.0. The van der Waals surface area contributed by atoms with Crippen LogP contribution >= 0.6 is 0 Å². The van der Waals surface area contributed by atoms with E-state index in [1.165, 1.54) is 0 Å². The molecule has 0 aliphatic heterocycles. The second kappa shape index (κ2) is 37.0. The van der Waals surface area contributed by atoms with Crippen molar-refractivity contribution >= 4 is 35.7 Å². The van der Waals surface area contributed by atoms with Crippen LogP contribution in [0.15, 0.2) is 0 Å². The SMILES string of the molecule is O=[Si]([O-])[O-].O=[Si]([O-])[O-].[Al+3].[K+].[OH-].[OH-].[Zn+2]. The third-order valence-corrected chi connectivity index (χ3v) is 0. The number of hydrogen-bond donors (Lipinski definition) is 0. The van der Waals surface area contributed by atoms with E-state index in [1.807, 2.05) is 0 Å². The summed E-state index contributed by atoms with van der Waals surface area (Å²) in [5, 5.41) is 0. The molecule has 0 unspecified atom stereocenters. The molecule has 0 aromatic rings. The maximum absolute atomic E-state index is 8.52. The fourth-order valence-corrected chi connectivity index (χ4v) is 0. The first-order valence-corrected chi connectivity index (χ1v) is 3.67. The van der Waals surface area contributed by atoms with E-state index >= 15 is 0 Å². The molecule has 8 nitrogen and oxygen atoms in total. The third-order valence-electron chi connectivity index (χ3n) is 0. The quantitative estimate of drug-likeness (QED) is 0.393. The largest absolute Gasteiger partial charge is 3.00 e. The van der Waals surface area contributed by atoms with E-state index in [9.17, 15) is 0 Å². The van der Waals surface area contributed by atoms with Gasteiger partial charge in [0.2, 0.25) is 0 Å². The third kappa shape index (κ3) is 526. The van der Waals surface area contributed by atoms with Crippen molar-refractivity contribution in [3.8, 4) is 0 Å². The molecule has 13 heavy (non-hydrogen) atoms. The summed E-state index contributed by atoms with van der Waals surface area (Å²) in [6, 6.07) is 0. The zero-order valence-electron chi connectivity index (χ0n) is 6.63. The van der Waals surface area contributed by atoms with E-state index in [0.29, 0.717) is 0 Å². The van der Waals surface area contributed by atoms with Crippen molar-refractivity contribution in [3.05, 3.63) is 0 Å². The molecule has 64 valence electrons. The number of rotatable bonds is 0. The van der Waals surface area contributed by atoms with Crippen molar-refractivity contribution in [1.82, 2.24) is 0 Å². The van der Waals surface area contributed by atoms with Crippen LogP contribution in [0.5, 0.6) is 0 Å². The van der Waals surface area contributed by atoms with E-state index < -0.39 is 18.3 Å². The first-order valence-electron chi connectivity index (χ1n) is 1.22. The van der Waals surface area contributed by atoms with Gasteiger partial charge in [-0.3, -0.25) is 0 Å². The Morgan fingerprint density at radius 3 is 0.769 bits per heavy atom. The van der Waals surface area contributed by atoms with Gasteiger partial charge >= 0.3 is 88.2 Å². The Morgan fingerprint density at radius 2 is 0.769 bits per heavy atom. The van der Waals surface area contributed by atoms with Gasteiger partial charge in [-0.25, -0.2) is 0 Å². The van der Waals surface area contributed by atoms with Crippen molar-refractivity contribution in [2.75, 3.05) is 0 Å². The molecule has 0 aromatic heterocycles. The Morgan fingerprint density at radius 1 is 0.769 bits per heavy atom. The monoisotopic (exact) mass is 316 g/mol. The molecule has 0 spiro atoms. The zero-order valence-corrected chi connectivity index (χ0v) is 15.9. The molecule has 0 rings (SSSR count). The number of hydrogen-bond acceptors (Lipinski definition) is 8. The van der Waals surface area contributed by atoms with Crippen LogP contribution in [0.4, 0.5) is 0 Å². The Kier molecular flexibility index (Phi) is 131. The second-order valence-corrected chi connectivity index (χ2v) is 1.50. The zero-order chi connectivity index (χ0) is 7.15. The Bertz CT molecular complexity index is 80.1. The van der Waals surface area contributed by atoms with Gasteiger partial charge in [-0.05, 0) is 0 Å². The molecule has 0 heterocycles. The fraction of sp³-hybridized carbons (Fsp3) is 0. The maximum Gasteiger partial charge on any atom is 3.00 e. The van der Waals surface area contributed by atoms with Gasteiger partial charge in [0.1, 0.15) is 0 Å². The van der Waals surface area contributed by atoms with Crippen LogP contribution in [0, 0.1) is 0 Å². The summed E-state index contributed by atoms with van der Waals surface area (Å²) in [4.78, 5) is 34.1. The molecule has 0 aliphatic rings. The molecule has 0 amide bonds. The molecule has 13 heteroatoms. The maximum atomic E-state index is 8.52. The van der Waals surface area contributed by atoms with Gasteiger partial charge < -0.3 is 39.1 Å². The summed E-state index contributed by atoms with van der Waals surface area (Å²) in [5.41, 5.74) is 0. The van der Waals surface area contributed by atoms with Crippen LogP contribution in [-0.2, 0) is 28.4 Å². The van der Waals surface area contributed by atoms with Gasteiger partial charge in [-0.15, -0.1) is 0 Å². The molecular formula is H2AlKO8Si2Zn. The molecule has 0 aromatic carbocycles. The van der Waals surface area contributed by atoms with Gasteiger partial charge in [0.25, 0.3) is 0 Å². The van der Waals surface area contributed by atoms with Gasteiger partial charge in [0.15, 0.2) is 0 Å². The van der Waals surface area contributed by atoms with Crippen LogP contribution in [0.2, 0.25) is 0 Å². The van der Waals surface area contributed by atoms with Crippen molar-refractivity contribution in [2.24, 2.45) is 0 Å². The summed E-state index contributed by atoms with van der Waals surface area (Å²) in [5.74, 6) is 0. The smallest absolute Gasteiger partial charge is 0.870 e. The molecule has 0 radical (unpaired) electrons. The van der Waals surface area contributed by atoms with Crippen molar-refractivity contribution < 1.29 is 110 Å². The average molecular weight is 318 g/mol. The van der Waals surface area contributed by atoms with E-state index in [-0.39, 0.29) is 99.2 Å². The first-order chi connectivity index (χ1) is 3.46. The molecule has 2 N–H and O–H groups in total. The topological polar surface area (TPSA) is 186 Å². The Balaban J connectivity index is -0.00000000800. The van der Waals surface area contributed by atoms with E-state index in [0.717, 1.165) is 0 Å². The predicted molar refractivity (Wildman–Crippen MR) is 22.5 cm³/mol.